The van der Waals surface area contributed by atoms with Crippen LogP contribution in [0.3, 0.4) is 0 Å². The van der Waals surface area contributed by atoms with Gasteiger partial charge in [0.25, 0.3) is 11.5 Å². The zero-order chi connectivity index (χ0) is 18.5. The number of rotatable bonds is 6. The van der Waals surface area contributed by atoms with Crippen molar-refractivity contribution in [3.05, 3.63) is 62.5 Å². The highest BCUT2D eigenvalue weighted by molar-refractivity contribution is 8.00. The van der Waals surface area contributed by atoms with Gasteiger partial charge < -0.3 is 0 Å². The van der Waals surface area contributed by atoms with Crippen molar-refractivity contribution >= 4 is 35.0 Å². The molecule has 8 nitrogen and oxygen atoms in total. The summed E-state index contributed by atoms with van der Waals surface area (Å²) in [4.78, 5) is 30.4. The van der Waals surface area contributed by atoms with E-state index in [1.165, 1.54) is 0 Å². The number of thiazole rings is 1. The molecule has 0 saturated carbocycles. The van der Waals surface area contributed by atoms with Crippen LogP contribution in [0, 0.1) is 13.8 Å². The van der Waals surface area contributed by atoms with Crippen LogP contribution in [0.4, 0.5) is 5.95 Å². The lowest BCUT2D eigenvalue weighted by Crippen LogP contribution is -2.31. The monoisotopic (exact) mass is 388 g/mol. The van der Waals surface area contributed by atoms with Gasteiger partial charge in [-0.3, -0.25) is 25.4 Å². The maximum atomic E-state index is 12.1. The molecule has 1 aromatic carbocycles. The second-order valence-electron chi connectivity index (χ2n) is 5.41. The lowest BCUT2D eigenvalue weighted by atomic mass is 10.1. The van der Waals surface area contributed by atoms with Crippen LogP contribution in [0.25, 0.3) is 0 Å². The Balaban J connectivity index is 1.54. The molecule has 0 radical (unpaired) electrons. The summed E-state index contributed by atoms with van der Waals surface area (Å²) in [6, 6.07) is 7.28. The number of carbonyl (C=O) groups is 1. The number of hydrazine groups is 1. The average molecular weight is 388 g/mol. The quantitative estimate of drug-likeness (QED) is 0.439. The first-order valence-corrected chi connectivity index (χ1v) is 9.51. The van der Waals surface area contributed by atoms with E-state index in [1.807, 2.05) is 24.4 Å². The number of anilines is 1. The van der Waals surface area contributed by atoms with E-state index in [0.29, 0.717) is 5.56 Å². The molecule has 0 atom stereocenters. The van der Waals surface area contributed by atoms with Crippen molar-refractivity contribution in [2.75, 3.05) is 5.43 Å². The lowest BCUT2D eigenvalue weighted by molar-refractivity contribution is 0.0962. The predicted molar refractivity (Wildman–Crippen MR) is 101 cm³/mol. The van der Waals surface area contributed by atoms with Crippen molar-refractivity contribution in [3.8, 4) is 0 Å². The predicted octanol–water partition coefficient (Wildman–Crippen LogP) is 2.29. The number of carbonyl (C=O) groups excluding carboxylic acids is 1. The second kappa shape index (κ2) is 8.11. The van der Waals surface area contributed by atoms with Crippen molar-refractivity contribution in [2.24, 2.45) is 0 Å². The van der Waals surface area contributed by atoms with Gasteiger partial charge in [-0.1, -0.05) is 23.9 Å². The van der Waals surface area contributed by atoms with Gasteiger partial charge in [0.05, 0.1) is 0 Å². The number of amides is 1. The Hall–Kier alpha value is -2.72. The fourth-order valence-electron chi connectivity index (χ4n) is 1.93. The number of hydrogen-bond acceptors (Lipinski definition) is 8. The maximum Gasteiger partial charge on any atom is 0.274 e. The molecular weight excluding hydrogens is 372 g/mol. The summed E-state index contributed by atoms with van der Waals surface area (Å²) in [7, 11) is 0. The van der Waals surface area contributed by atoms with Crippen LogP contribution in [-0.4, -0.2) is 26.1 Å². The van der Waals surface area contributed by atoms with E-state index in [0.717, 1.165) is 21.3 Å². The Kier molecular flexibility index (Phi) is 5.64. The number of H-pyrrole nitrogens is 1. The van der Waals surface area contributed by atoms with Crippen LogP contribution in [0.15, 0.2) is 38.8 Å². The maximum absolute atomic E-state index is 12.1. The smallest absolute Gasteiger partial charge is 0.274 e. The summed E-state index contributed by atoms with van der Waals surface area (Å²) in [5.41, 5.74) is 7.50. The van der Waals surface area contributed by atoms with Gasteiger partial charge in [-0.05, 0) is 31.5 Å². The standard InChI is InChI=1S/C16H16N6O2S2/c1-9-7-25-16(17-9)26-8-11-3-5-12(6-4-11)14(24)20-22-15-18-13(23)10(2)19-21-15/h3-7H,8H2,1-2H3,(H,20,24)(H2,18,21,22,23). The molecule has 0 unspecified atom stereocenters. The zero-order valence-corrected chi connectivity index (χ0v) is 15.7. The number of aromatic nitrogens is 4. The first kappa shape index (κ1) is 18.1. The van der Waals surface area contributed by atoms with Gasteiger partial charge in [-0.15, -0.1) is 21.5 Å². The third-order valence-electron chi connectivity index (χ3n) is 3.33. The van der Waals surface area contributed by atoms with E-state index in [2.05, 4.69) is 31.0 Å². The van der Waals surface area contributed by atoms with Gasteiger partial charge in [0.2, 0.25) is 5.95 Å². The van der Waals surface area contributed by atoms with Crippen molar-refractivity contribution in [2.45, 2.75) is 23.9 Å². The molecule has 3 N–H and O–H groups in total. The third kappa shape index (κ3) is 4.67. The van der Waals surface area contributed by atoms with Gasteiger partial charge in [-0.2, -0.15) is 0 Å². The summed E-state index contributed by atoms with van der Waals surface area (Å²) in [5.74, 6) is 0.511. The van der Waals surface area contributed by atoms with Gasteiger partial charge in [0.15, 0.2) is 0 Å². The number of aromatic amines is 1. The van der Waals surface area contributed by atoms with Crippen LogP contribution in [0.1, 0.15) is 27.3 Å². The summed E-state index contributed by atoms with van der Waals surface area (Å²) in [5, 5.41) is 9.43. The molecule has 0 bridgehead atoms. The van der Waals surface area contributed by atoms with Crippen molar-refractivity contribution in [1.29, 1.82) is 0 Å². The molecule has 3 aromatic rings. The fraction of sp³-hybridized carbons (Fsp3) is 0.188. The third-order valence-corrected chi connectivity index (χ3v) is 5.54. The van der Waals surface area contributed by atoms with Crippen LogP contribution in [-0.2, 0) is 5.75 Å². The highest BCUT2D eigenvalue weighted by atomic mass is 32.2. The highest BCUT2D eigenvalue weighted by Crippen LogP contribution is 2.26. The van der Waals surface area contributed by atoms with Crippen molar-refractivity contribution in [3.63, 3.8) is 0 Å². The summed E-state index contributed by atoms with van der Waals surface area (Å²) >= 11 is 3.29. The van der Waals surface area contributed by atoms with Gasteiger partial charge >= 0.3 is 0 Å². The van der Waals surface area contributed by atoms with Gasteiger partial charge in [0.1, 0.15) is 10.0 Å². The second-order valence-corrected chi connectivity index (χ2v) is 7.49. The first-order valence-electron chi connectivity index (χ1n) is 7.65. The van der Waals surface area contributed by atoms with Crippen LogP contribution < -0.4 is 16.4 Å². The molecule has 10 heteroatoms. The highest BCUT2D eigenvalue weighted by Gasteiger charge is 2.07. The minimum absolute atomic E-state index is 0.0701. The zero-order valence-electron chi connectivity index (χ0n) is 14.1. The van der Waals surface area contributed by atoms with E-state index < -0.39 is 0 Å². The molecule has 1 amide bonds. The largest absolute Gasteiger partial charge is 0.288 e. The fourth-order valence-corrected chi connectivity index (χ4v) is 3.74. The summed E-state index contributed by atoms with van der Waals surface area (Å²) in [6.45, 7) is 3.52. The molecular formula is C16H16N6O2S2. The number of nitrogens with zero attached hydrogens (tertiary/aromatic N) is 3. The van der Waals surface area contributed by atoms with Crippen LogP contribution in [0.5, 0.6) is 0 Å². The number of hydrogen-bond donors (Lipinski definition) is 3. The number of aryl methyl sites for hydroxylation is 2. The van der Waals surface area contributed by atoms with Gasteiger partial charge in [-0.25, -0.2) is 4.98 Å². The molecule has 0 aliphatic rings. The minimum Gasteiger partial charge on any atom is -0.288 e. The molecule has 3 rings (SSSR count). The Bertz CT molecular complexity index is 967. The van der Waals surface area contributed by atoms with E-state index in [4.69, 9.17) is 0 Å². The normalized spacial score (nSPS) is 10.5. The minimum atomic E-state index is -0.367. The van der Waals surface area contributed by atoms with E-state index in [9.17, 15) is 9.59 Å². The lowest BCUT2D eigenvalue weighted by Gasteiger charge is -2.07. The Labute approximate surface area is 157 Å². The molecule has 2 aromatic heterocycles. The molecule has 26 heavy (non-hydrogen) atoms. The first-order chi connectivity index (χ1) is 12.5. The summed E-state index contributed by atoms with van der Waals surface area (Å²) in [6.07, 6.45) is 0. The van der Waals surface area contributed by atoms with Gasteiger partial charge in [0, 0.05) is 22.4 Å². The van der Waals surface area contributed by atoms with Crippen LogP contribution >= 0.6 is 23.1 Å². The molecule has 2 heterocycles. The van der Waals surface area contributed by atoms with Crippen molar-refractivity contribution < 1.29 is 4.79 Å². The van der Waals surface area contributed by atoms with Crippen LogP contribution in [0.2, 0.25) is 0 Å². The molecule has 0 aliphatic carbocycles. The molecule has 0 aliphatic heterocycles. The number of nitrogens with one attached hydrogen (secondary N) is 3. The topological polar surface area (TPSA) is 113 Å². The molecule has 0 spiro atoms. The van der Waals surface area contributed by atoms with E-state index in [1.54, 1.807) is 42.2 Å². The van der Waals surface area contributed by atoms with E-state index in [-0.39, 0.29) is 23.1 Å². The SMILES string of the molecule is Cc1csc(SCc2ccc(C(=O)NNc3nnc(C)c(=O)[nH]3)cc2)n1. The summed E-state index contributed by atoms with van der Waals surface area (Å²) < 4.78 is 1.03. The average Bonchev–Trinajstić information content (AvgIpc) is 3.06. The van der Waals surface area contributed by atoms with E-state index >= 15 is 0 Å². The molecule has 134 valence electrons. The Morgan fingerprint density at radius 3 is 2.65 bits per heavy atom. The Morgan fingerprint density at radius 1 is 1.23 bits per heavy atom. The number of thioether (sulfide) groups is 1. The molecule has 0 fully saturated rings. The molecule has 0 saturated heterocycles. The number of benzene rings is 1. The van der Waals surface area contributed by atoms with Crippen molar-refractivity contribution in [1.82, 2.24) is 25.6 Å². The Morgan fingerprint density at radius 2 is 2.00 bits per heavy atom.